The molecule has 2 N–H and O–H groups in total. The van der Waals surface area contributed by atoms with Crippen LogP contribution in [0.25, 0.3) is 0 Å². The van der Waals surface area contributed by atoms with Gasteiger partial charge in [0.2, 0.25) is 0 Å². The highest BCUT2D eigenvalue weighted by Crippen LogP contribution is 2.41. The molecule has 6 heteroatoms. The molecule has 15 heavy (non-hydrogen) atoms. The van der Waals surface area contributed by atoms with Crippen LogP contribution in [-0.2, 0) is 9.67 Å². The number of fused-ring (bicyclic) bond motifs is 1. The van der Waals surface area contributed by atoms with Gasteiger partial charge >= 0.3 is 5.97 Å². The van der Waals surface area contributed by atoms with E-state index in [2.05, 4.69) is 25.3 Å². The molecule has 1 aromatic rings. The molecule has 80 valence electrons. The first-order chi connectivity index (χ1) is 6.93. The normalized spacial score (nSPS) is 29.6. The van der Waals surface area contributed by atoms with Gasteiger partial charge in [0.15, 0.2) is 0 Å². The van der Waals surface area contributed by atoms with Crippen LogP contribution >= 0.6 is 36.9 Å². The molecule has 1 aliphatic heterocycles. The smallest absolute Gasteiger partial charge is 0.327 e. The number of hydrogen-bond donors (Lipinski definition) is 3. The average molecular weight is 262 g/mol. The van der Waals surface area contributed by atoms with Gasteiger partial charge in [0.25, 0.3) is 0 Å². The SMILES string of the molecule is NC1(S)c2cc(Cl)ccc2OC(=O)C1S. The number of carbonyl (C=O) groups excluding carboxylic acids is 1. The second-order valence-electron chi connectivity index (χ2n) is 3.29. The second kappa shape index (κ2) is 3.59. The summed E-state index contributed by atoms with van der Waals surface area (Å²) in [6.45, 7) is 0. The van der Waals surface area contributed by atoms with Crippen molar-refractivity contribution in [2.75, 3.05) is 0 Å². The van der Waals surface area contributed by atoms with Gasteiger partial charge in [-0.3, -0.25) is 4.79 Å². The minimum Gasteiger partial charge on any atom is -0.425 e. The van der Waals surface area contributed by atoms with Crippen molar-refractivity contribution >= 4 is 42.8 Å². The number of carbonyl (C=O) groups is 1. The number of hydrogen-bond acceptors (Lipinski definition) is 5. The summed E-state index contributed by atoms with van der Waals surface area (Å²) in [5.41, 5.74) is 6.49. The van der Waals surface area contributed by atoms with Gasteiger partial charge in [-0.25, -0.2) is 0 Å². The third-order valence-electron chi connectivity index (χ3n) is 2.22. The minimum atomic E-state index is -1.17. The summed E-state index contributed by atoms with van der Waals surface area (Å²) in [6.07, 6.45) is 0. The Morgan fingerprint density at radius 3 is 2.87 bits per heavy atom. The molecule has 1 heterocycles. The fourth-order valence-electron chi connectivity index (χ4n) is 1.40. The summed E-state index contributed by atoms with van der Waals surface area (Å²) in [7, 11) is 0. The van der Waals surface area contributed by atoms with Gasteiger partial charge < -0.3 is 10.5 Å². The van der Waals surface area contributed by atoms with E-state index < -0.39 is 16.1 Å². The summed E-state index contributed by atoms with van der Waals surface area (Å²) in [4.78, 5) is 10.2. The highest BCUT2D eigenvalue weighted by Gasteiger charge is 2.43. The lowest BCUT2D eigenvalue weighted by Gasteiger charge is -2.34. The molecule has 0 aliphatic carbocycles. The maximum Gasteiger partial charge on any atom is 0.327 e. The zero-order chi connectivity index (χ0) is 11.2. The molecule has 2 rings (SSSR count). The Bertz CT molecular complexity index is 436. The molecule has 2 unspecified atom stereocenters. The zero-order valence-corrected chi connectivity index (χ0v) is 10.0. The molecule has 0 bridgehead atoms. The summed E-state index contributed by atoms with van der Waals surface area (Å²) in [6, 6.07) is 4.84. The molecular formula is C9H8ClNO2S2. The van der Waals surface area contributed by atoms with Crippen molar-refractivity contribution in [1.29, 1.82) is 0 Å². The third-order valence-corrected chi connectivity index (χ3v) is 3.78. The highest BCUT2D eigenvalue weighted by atomic mass is 35.5. The Kier molecular flexibility index (Phi) is 2.66. The predicted molar refractivity (Wildman–Crippen MR) is 64.7 cm³/mol. The van der Waals surface area contributed by atoms with Crippen molar-refractivity contribution in [3.63, 3.8) is 0 Å². The van der Waals surface area contributed by atoms with Crippen LogP contribution in [0, 0.1) is 0 Å². The molecule has 0 fully saturated rings. The lowest BCUT2D eigenvalue weighted by Crippen LogP contribution is -2.49. The fourth-order valence-corrected chi connectivity index (χ4v) is 2.04. The maximum absolute atomic E-state index is 11.4. The molecule has 1 aliphatic rings. The van der Waals surface area contributed by atoms with Crippen molar-refractivity contribution in [1.82, 2.24) is 0 Å². The lowest BCUT2D eigenvalue weighted by molar-refractivity contribution is -0.135. The Balaban J connectivity index is 2.62. The fraction of sp³-hybridized carbons (Fsp3) is 0.222. The molecule has 0 aromatic heterocycles. The van der Waals surface area contributed by atoms with Crippen LogP contribution < -0.4 is 10.5 Å². The summed E-state index contributed by atoms with van der Waals surface area (Å²) in [5.74, 6) is -0.127. The first-order valence-corrected chi connectivity index (χ1v) is 5.48. The van der Waals surface area contributed by atoms with E-state index in [1.165, 1.54) is 0 Å². The van der Waals surface area contributed by atoms with Crippen molar-refractivity contribution in [2.45, 2.75) is 10.1 Å². The van der Waals surface area contributed by atoms with Crippen molar-refractivity contribution in [3.05, 3.63) is 28.8 Å². The van der Waals surface area contributed by atoms with Crippen LogP contribution in [0.4, 0.5) is 0 Å². The van der Waals surface area contributed by atoms with Crippen LogP contribution in [0.3, 0.4) is 0 Å². The standard InChI is InChI=1S/C9H8ClNO2S2/c10-4-1-2-6-5(3-4)9(11,15)7(14)8(12)13-6/h1-3,7,14-15H,11H2. The summed E-state index contributed by atoms with van der Waals surface area (Å²) < 4.78 is 5.03. The van der Waals surface area contributed by atoms with E-state index in [1.807, 2.05) is 0 Å². The number of nitrogens with two attached hydrogens (primary N) is 1. The third kappa shape index (κ3) is 1.73. The Morgan fingerprint density at radius 1 is 1.53 bits per heavy atom. The topological polar surface area (TPSA) is 52.3 Å². The van der Waals surface area contributed by atoms with E-state index in [9.17, 15) is 4.79 Å². The van der Waals surface area contributed by atoms with Gasteiger partial charge in [-0.1, -0.05) is 11.6 Å². The molecular weight excluding hydrogens is 254 g/mol. The number of halogens is 1. The van der Waals surface area contributed by atoms with Gasteiger partial charge in [0.1, 0.15) is 15.9 Å². The van der Waals surface area contributed by atoms with Crippen molar-refractivity contribution in [2.24, 2.45) is 5.73 Å². The second-order valence-corrected chi connectivity index (χ2v) is 4.98. The number of rotatable bonds is 0. The number of ether oxygens (including phenoxy) is 1. The first-order valence-electron chi connectivity index (χ1n) is 4.14. The molecule has 2 atom stereocenters. The molecule has 0 radical (unpaired) electrons. The highest BCUT2D eigenvalue weighted by molar-refractivity contribution is 7.86. The van der Waals surface area contributed by atoms with E-state index in [-0.39, 0.29) is 0 Å². The number of esters is 1. The zero-order valence-electron chi connectivity index (χ0n) is 7.48. The van der Waals surface area contributed by atoms with Crippen LogP contribution in [0.5, 0.6) is 5.75 Å². The molecule has 0 saturated heterocycles. The summed E-state index contributed by atoms with van der Waals surface area (Å²) in [5, 5.41) is -0.303. The van der Waals surface area contributed by atoms with Crippen molar-refractivity contribution in [3.8, 4) is 5.75 Å². The van der Waals surface area contributed by atoms with E-state index in [0.717, 1.165) is 0 Å². The monoisotopic (exact) mass is 261 g/mol. The van der Waals surface area contributed by atoms with Crippen molar-refractivity contribution < 1.29 is 9.53 Å². The van der Waals surface area contributed by atoms with E-state index in [4.69, 9.17) is 22.1 Å². The maximum atomic E-state index is 11.4. The first kappa shape index (κ1) is 11.1. The Hall–Kier alpha value is -0.360. The molecule has 3 nitrogen and oxygen atoms in total. The molecule has 0 saturated carbocycles. The van der Waals surface area contributed by atoms with Gasteiger partial charge in [-0.15, -0.1) is 0 Å². The molecule has 1 aromatic carbocycles. The van der Waals surface area contributed by atoms with E-state index in [1.54, 1.807) is 18.2 Å². The summed E-state index contributed by atoms with van der Waals surface area (Å²) >= 11 is 14.2. The lowest BCUT2D eigenvalue weighted by atomic mass is 10.00. The molecule has 0 spiro atoms. The Labute approximate surface area is 103 Å². The number of thiol groups is 2. The largest absolute Gasteiger partial charge is 0.425 e. The van der Waals surface area contributed by atoms with Gasteiger partial charge in [0.05, 0.1) is 0 Å². The van der Waals surface area contributed by atoms with Crippen LogP contribution in [0.15, 0.2) is 18.2 Å². The van der Waals surface area contributed by atoms with Crippen LogP contribution in [0.1, 0.15) is 5.56 Å². The van der Waals surface area contributed by atoms with Crippen LogP contribution in [-0.4, -0.2) is 11.2 Å². The number of benzene rings is 1. The van der Waals surface area contributed by atoms with E-state index in [0.29, 0.717) is 16.3 Å². The molecule has 0 amide bonds. The van der Waals surface area contributed by atoms with Gasteiger partial charge in [0, 0.05) is 10.6 Å². The van der Waals surface area contributed by atoms with E-state index >= 15 is 0 Å². The Morgan fingerprint density at radius 2 is 2.20 bits per heavy atom. The quantitative estimate of drug-likeness (QED) is 0.288. The van der Waals surface area contributed by atoms with Gasteiger partial charge in [-0.2, -0.15) is 25.3 Å². The van der Waals surface area contributed by atoms with Crippen LogP contribution in [0.2, 0.25) is 5.02 Å². The minimum absolute atomic E-state index is 0.382. The van der Waals surface area contributed by atoms with Gasteiger partial charge in [-0.05, 0) is 18.2 Å². The predicted octanol–water partition coefficient (Wildman–Crippen LogP) is 1.60. The average Bonchev–Trinajstić information content (AvgIpc) is 2.17.